The molecule has 0 radical (unpaired) electrons. The van der Waals surface area contributed by atoms with Gasteiger partial charge in [0, 0.05) is 12.3 Å². The lowest BCUT2D eigenvalue weighted by atomic mass is 10.2. The molecule has 0 N–H and O–H groups in total. The summed E-state index contributed by atoms with van der Waals surface area (Å²) in [6, 6.07) is 11.6. The van der Waals surface area contributed by atoms with E-state index in [0.29, 0.717) is 5.88 Å². The second-order valence-electron chi connectivity index (χ2n) is 3.52. The van der Waals surface area contributed by atoms with Crippen LogP contribution in [0.5, 0.6) is 11.6 Å². The summed E-state index contributed by atoms with van der Waals surface area (Å²) < 4.78 is 5.60. The molecule has 2 rings (SSSR count). The van der Waals surface area contributed by atoms with Gasteiger partial charge in [-0.3, -0.25) is 0 Å². The van der Waals surface area contributed by atoms with Crippen LogP contribution in [0.2, 0.25) is 0 Å². The highest BCUT2D eigenvalue weighted by molar-refractivity contribution is 5.31. The highest BCUT2D eigenvalue weighted by Crippen LogP contribution is 2.20. The predicted octanol–water partition coefficient (Wildman–Crippen LogP) is 3.49. The molecule has 76 valence electrons. The number of rotatable bonds is 2. The molecule has 0 unspecified atom stereocenters. The Labute approximate surface area is 89.6 Å². The zero-order chi connectivity index (χ0) is 10.7. The second kappa shape index (κ2) is 4.13. The lowest BCUT2D eigenvalue weighted by Crippen LogP contribution is -1.90. The molecular formula is C13H13NO. The van der Waals surface area contributed by atoms with Crippen LogP contribution in [-0.4, -0.2) is 4.98 Å². The lowest BCUT2D eigenvalue weighted by Gasteiger charge is -2.06. The van der Waals surface area contributed by atoms with Gasteiger partial charge in [0.25, 0.3) is 0 Å². The summed E-state index contributed by atoms with van der Waals surface area (Å²) in [7, 11) is 0. The number of pyridine rings is 1. The van der Waals surface area contributed by atoms with E-state index in [1.807, 2.05) is 49.5 Å². The maximum absolute atomic E-state index is 5.60. The minimum Gasteiger partial charge on any atom is -0.439 e. The van der Waals surface area contributed by atoms with E-state index in [4.69, 9.17) is 4.74 Å². The number of hydrogen-bond acceptors (Lipinski definition) is 2. The van der Waals surface area contributed by atoms with E-state index in [0.717, 1.165) is 5.75 Å². The highest BCUT2D eigenvalue weighted by Gasteiger charge is 1.99. The van der Waals surface area contributed by atoms with E-state index in [2.05, 4.69) is 11.9 Å². The van der Waals surface area contributed by atoms with Gasteiger partial charge in [-0.15, -0.1) is 0 Å². The molecule has 0 saturated carbocycles. The largest absolute Gasteiger partial charge is 0.439 e. The maximum atomic E-state index is 5.60. The van der Waals surface area contributed by atoms with Crippen molar-refractivity contribution in [3.8, 4) is 11.6 Å². The van der Waals surface area contributed by atoms with Gasteiger partial charge >= 0.3 is 0 Å². The second-order valence-corrected chi connectivity index (χ2v) is 3.52. The summed E-state index contributed by atoms with van der Waals surface area (Å²) in [6.07, 6.45) is 1.83. The number of nitrogens with zero attached hydrogens (tertiary/aromatic N) is 1. The van der Waals surface area contributed by atoms with Gasteiger partial charge in [-0.05, 0) is 37.1 Å². The standard InChI is InChI=1S/C13H13NO/c1-10-8-13(14-9-11(10)2)15-12-6-4-3-5-7-12/h3-9H,1-2H3. The van der Waals surface area contributed by atoms with Crippen molar-refractivity contribution >= 4 is 0 Å². The minimum absolute atomic E-state index is 0.643. The van der Waals surface area contributed by atoms with Crippen LogP contribution < -0.4 is 4.74 Å². The van der Waals surface area contributed by atoms with Gasteiger partial charge in [-0.25, -0.2) is 4.98 Å². The number of aryl methyl sites for hydroxylation is 2. The topological polar surface area (TPSA) is 22.1 Å². The normalized spacial score (nSPS) is 10.0. The number of ether oxygens (including phenoxy) is 1. The summed E-state index contributed by atoms with van der Waals surface area (Å²) in [5.41, 5.74) is 2.37. The quantitative estimate of drug-likeness (QED) is 0.738. The molecule has 1 aromatic carbocycles. The zero-order valence-electron chi connectivity index (χ0n) is 8.90. The van der Waals surface area contributed by atoms with Crippen LogP contribution in [0, 0.1) is 13.8 Å². The Hall–Kier alpha value is -1.83. The summed E-state index contributed by atoms with van der Waals surface area (Å²) >= 11 is 0. The smallest absolute Gasteiger partial charge is 0.219 e. The van der Waals surface area contributed by atoms with E-state index in [9.17, 15) is 0 Å². The van der Waals surface area contributed by atoms with Gasteiger partial charge < -0.3 is 4.74 Å². The molecule has 0 saturated heterocycles. The van der Waals surface area contributed by atoms with Crippen LogP contribution in [0.3, 0.4) is 0 Å². The fraction of sp³-hybridized carbons (Fsp3) is 0.154. The van der Waals surface area contributed by atoms with Gasteiger partial charge in [0.1, 0.15) is 5.75 Å². The summed E-state index contributed by atoms with van der Waals surface area (Å²) in [5.74, 6) is 1.46. The number of aromatic nitrogens is 1. The molecule has 0 aliphatic rings. The molecule has 15 heavy (non-hydrogen) atoms. The third-order valence-corrected chi connectivity index (χ3v) is 2.31. The number of para-hydroxylation sites is 1. The van der Waals surface area contributed by atoms with Crippen molar-refractivity contribution in [3.63, 3.8) is 0 Å². The maximum Gasteiger partial charge on any atom is 0.219 e. The number of hydrogen-bond donors (Lipinski definition) is 0. The van der Waals surface area contributed by atoms with E-state index < -0.39 is 0 Å². The zero-order valence-corrected chi connectivity index (χ0v) is 8.90. The van der Waals surface area contributed by atoms with Crippen LogP contribution in [0.4, 0.5) is 0 Å². The average molecular weight is 199 g/mol. The monoisotopic (exact) mass is 199 g/mol. The van der Waals surface area contributed by atoms with Crippen LogP contribution in [0.1, 0.15) is 11.1 Å². The Balaban J connectivity index is 2.22. The first kappa shape index (κ1) is 9.71. The van der Waals surface area contributed by atoms with Crippen molar-refractivity contribution in [2.75, 3.05) is 0 Å². The predicted molar refractivity (Wildman–Crippen MR) is 60.2 cm³/mol. The Kier molecular flexibility index (Phi) is 2.68. The SMILES string of the molecule is Cc1cnc(Oc2ccccc2)cc1C. The third kappa shape index (κ3) is 2.34. The van der Waals surface area contributed by atoms with Crippen LogP contribution >= 0.6 is 0 Å². The van der Waals surface area contributed by atoms with E-state index in [1.165, 1.54) is 11.1 Å². The molecule has 1 aromatic heterocycles. The molecule has 0 aliphatic carbocycles. The molecule has 2 heteroatoms. The molecule has 1 heterocycles. The first-order chi connectivity index (χ1) is 7.25. The molecule has 0 amide bonds. The molecule has 0 bridgehead atoms. The van der Waals surface area contributed by atoms with Gasteiger partial charge in [0.2, 0.25) is 5.88 Å². The summed E-state index contributed by atoms with van der Waals surface area (Å²) in [6.45, 7) is 4.09. The highest BCUT2D eigenvalue weighted by atomic mass is 16.5. The molecule has 2 aromatic rings. The summed E-state index contributed by atoms with van der Waals surface area (Å²) in [4.78, 5) is 4.21. The minimum atomic E-state index is 0.643. The van der Waals surface area contributed by atoms with Crippen molar-refractivity contribution in [1.29, 1.82) is 0 Å². The van der Waals surface area contributed by atoms with Gasteiger partial charge in [-0.2, -0.15) is 0 Å². The van der Waals surface area contributed by atoms with Crippen LogP contribution in [-0.2, 0) is 0 Å². The number of benzene rings is 1. The van der Waals surface area contributed by atoms with E-state index in [1.54, 1.807) is 0 Å². The van der Waals surface area contributed by atoms with Gasteiger partial charge in [-0.1, -0.05) is 18.2 Å². The van der Waals surface area contributed by atoms with Crippen molar-refractivity contribution in [2.24, 2.45) is 0 Å². The molecule has 0 aliphatic heterocycles. The first-order valence-electron chi connectivity index (χ1n) is 4.92. The molecule has 0 fully saturated rings. The first-order valence-corrected chi connectivity index (χ1v) is 4.92. The Bertz CT molecular complexity index is 451. The van der Waals surface area contributed by atoms with Gasteiger partial charge in [0.05, 0.1) is 0 Å². The summed E-state index contributed by atoms with van der Waals surface area (Å²) in [5, 5.41) is 0. The van der Waals surface area contributed by atoms with Crippen LogP contribution in [0.25, 0.3) is 0 Å². The Morgan fingerprint density at radius 2 is 1.73 bits per heavy atom. The molecule has 0 spiro atoms. The van der Waals surface area contributed by atoms with E-state index >= 15 is 0 Å². The van der Waals surface area contributed by atoms with Crippen molar-refractivity contribution in [2.45, 2.75) is 13.8 Å². The fourth-order valence-electron chi connectivity index (χ4n) is 1.26. The van der Waals surface area contributed by atoms with Crippen LogP contribution in [0.15, 0.2) is 42.6 Å². The lowest BCUT2D eigenvalue weighted by molar-refractivity contribution is 0.462. The van der Waals surface area contributed by atoms with Crippen molar-refractivity contribution in [3.05, 3.63) is 53.7 Å². The molecular weight excluding hydrogens is 186 g/mol. The van der Waals surface area contributed by atoms with Crippen molar-refractivity contribution in [1.82, 2.24) is 4.98 Å². The van der Waals surface area contributed by atoms with E-state index in [-0.39, 0.29) is 0 Å². The van der Waals surface area contributed by atoms with Crippen molar-refractivity contribution < 1.29 is 4.74 Å². The fourth-order valence-corrected chi connectivity index (χ4v) is 1.26. The van der Waals surface area contributed by atoms with Gasteiger partial charge in [0.15, 0.2) is 0 Å². The Morgan fingerprint density at radius 1 is 1.00 bits per heavy atom. The molecule has 0 atom stereocenters. The average Bonchev–Trinajstić information content (AvgIpc) is 2.25. The third-order valence-electron chi connectivity index (χ3n) is 2.31. The Morgan fingerprint density at radius 3 is 2.40 bits per heavy atom. The molecule has 2 nitrogen and oxygen atoms in total.